The first-order chi connectivity index (χ1) is 12.9. The number of primary amides is 1. The number of anilines is 1. The SMILES string of the molecule is Cc1cc(F)cc(C(=O)NCc2cccnc2N2CCC(C(N)=O)CC2)c1. The van der Waals surface area contributed by atoms with E-state index in [2.05, 4.69) is 15.2 Å². The zero-order valence-electron chi connectivity index (χ0n) is 15.2. The Kier molecular flexibility index (Phi) is 5.69. The monoisotopic (exact) mass is 370 g/mol. The highest BCUT2D eigenvalue weighted by Gasteiger charge is 2.25. The largest absolute Gasteiger partial charge is 0.369 e. The molecular weight excluding hydrogens is 347 g/mol. The molecule has 1 aromatic heterocycles. The molecule has 0 saturated carbocycles. The van der Waals surface area contributed by atoms with Gasteiger partial charge in [-0.2, -0.15) is 0 Å². The van der Waals surface area contributed by atoms with Gasteiger partial charge in [-0.1, -0.05) is 6.07 Å². The summed E-state index contributed by atoms with van der Waals surface area (Å²) >= 11 is 0. The van der Waals surface area contributed by atoms with Crippen molar-refractivity contribution in [3.8, 4) is 0 Å². The number of carbonyl (C=O) groups is 2. The molecule has 1 saturated heterocycles. The van der Waals surface area contributed by atoms with Gasteiger partial charge in [0.1, 0.15) is 11.6 Å². The van der Waals surface area contributed by atoms with E-state index in [1.807, 2.05) is 12.1 Å². The van der Waals surface area contributed by atoms with Gasteiger partial charge in [-0.15, -0.1) is 0 Å². The molecule has 1 aromatic carbocycles. The maximum Gasteiger partial charge on any atom is 0.251 e. The average Bonchev–Trinajstić information content (AvgIpc) is 2.65. The molecule has 0 bridgehead atoms. The number of aryl methyl sites for hydroxylation is 1. The third-order valence-electron chi connectivity index (χ3n) is 4.81. The van der Waals surface area contributed by atoms with Crippen LogP contribution in [-0.2, 0) is 11.3 Å². The van der Waals surface area contributed by atoms with Crippen LogP contribution in [-0.4, -0.2) is 29.9 Å². The summed E-state index contributed by atoms with van der Waals surface area (Å²) in [4.78, 5) is 30.3. The van der Waals surface area contributed by atoms with Gasteiger partial charge in [-0.3, -0.25) is 9.59 Å². The molecule has 1 aliphatic heterocycles. The molecule has 2 aromatic rings. The molecule has 0 spiro atoms. The number of amides is 2. The standard InChI is InChI=1S/C20H23FN4O2/c1-13-9-16(11-17(21)10-13)20(27)24-12-15-3-2-6-23-19(15)25-7-4-14(5-8-25)18(22)26/h2-3,6,9-11,14H,4-5,7-8,12H2,1H3,(H2,22,26)(H,24,27). The molecule has 2 amide bonds. The Morgan fingerprint density at radius 1 is 1.30 bits per heavy atom. The summed E-state index contributed by atoms with van der Waals surface area (Å²) in [6.45, 7) is 3.41. The van der Waals surface area contributed by atoms with Crippen LogP contribution in [0.2, 0.25) is 0 Å². The summed E-state index contributed by atoms with van der Waals surface area (Å²) in [5, 5.41) is 2.83. The number of pyridine rings is 1. The molecule has 0 aliphatic carbocycles. The summed E-state index contributed by atoms with van der Waals surface area (Å²) in [6, 6.07) is 7.97. The summed E-state index contributed by atoms with van der Waals surface area (Å²) in [7, 11) is 0. The molecule has 2 heterocycles. The van der Waals surface area contributed by atoms with E-state index in [9.17, 15) is 14.0 Å². The minimum absolute atomic E-state index is 0.0932. The van der Waals surface area contributed by atoms with E-state index in [1.165, 1.54) is 12.1 Å². The first-order valence-corrected chi connectivity index (χ1v) is 8.97. The van der Waals surface area contributed by atoms with Crippen molar-refractivity contribution in [1.29, 1.82) is 0 Å². The van der Waals surface area contributed by atoms with Crippen LogP contribution in [0.3, 0.4) is 0 Å². The van der Waals surface area contributed by atoms with Crippen LogP contribution in [0.15, 0.2) is 36.5 Å². The summed E-state index contributed by atoms with van der Waals surface area (Å²) in [5.74, 6) is -0.326. The molecule has 0 unspecified atom stereocenters. The van der Waals surface area contributed by atoms with Crippen molar-refractivity contribution in [2.45, 2.75) is 26.3 Å². The van der Waals surface area contributed by atoms with Crippen LogP contribution < -0.4 is 16.0 Å². The van der Waals surface area contributed by atoms with Crippen LogP contribution in [0.25, 0.3) is 0 Å². The summed E-state index contributed by atoms with van der Waals surface area (Å²) < 4.78 is 13.5. The predicted octanol–water partition coefficient (Wildman–Crippen LogP) is 2.16. The quantitative estimate of drug-likeness (QED) is 0.844. The molecule has 0 radical (unpaired) electrons. The lowest BCUT2D eigenvalue weighted by molar-refractivity contribution is -0.122. The van der Waals surface area contributed by atoms with Crippen molar-refractivity contribution < 1.29 is 14.0 Å². The lowest BCUT2D eigenvalue weighted by atomic mass is 9.96. The number of nitrogens with one attached hydrogen (secondary N) is 1. The van der Waals surface area contributed by atoms with Crippen LogP contribution >= 0.6 is 0 Å². The second-order valence-electron chi connectivity index (χ2n) is 6.85. The zero-order valence-corrected chi connectivity index (χ0v) is 15.2. The number of rotatable bonds is 5. The molecule has 3 N–H and O–H groups in total. The lowest BCUT2D eigenvalue weighted by Gasteiger charge is -2.32. The van der Waals surface area contributed by atoms with Crippen molar-refractivity contribution in [1.82, 2.24) is 10.3 Å². The minimum Gasteiger partial charge on any atom is -0.369 e. The number of piperidine rings is 1. The first-order valence-electron chi connectivity index (χ1n) is 8.97. The molecule has 6 nitrogen and oxygen atoms in total. The van der Waals surface area contributed by atoms with E-state index < -0.39 is 5.82 Å². The van der Waals surface area contributed by atoms with Crippen molar-refractivity contribution in [3.05, 3.63) is 59.0 Å². The number of nitrogens with zero attached hydrogens (tertiary/aromatic N) is 2. The molecule has 0 atom stereocenters. The van der Waals surface area contributed by atoms with Crippen LogP contribution in [0.4, 0.5) is 10.2 Å². The van der Waals surface area contributed by atoms with Gasteiger partial charge in [-0.25, -0.2) is 9.37 Å². The number of halogens is 1. The Hall–Kier alpha value is -2.96. The fourth-order valence-corrected chi connectivity index (χ4v) is 3.37. The third kappa shape index (κ3) is 4.61. The Balaban J connectivity index is 1.68. The van der Waals surface area contributed by atoms with Crippen molar-refractivity contribution in [2.24, 2.45) is 11.7 Å². The van der Waals surface area contributed by atoms with E-state index in [1.54, 1.807) is 19.2 Å². The number of benzene rings is 1. The van der Waals surface area contributed by atoms with Crippen molar-refractivity contribution in [3.63, 3.8) is 0 Å². The van der Waals surface area contributed by atoms with Gasteiger partial charge in [0.25, 0.3) is 5.91 Å². The van der Waals surface area contributed by atoms with E-state index in [-0.39, 0.29) is 24.3 Å². The van der Waals surface area contributed by atoms with Gasteiger partial charge >= 0.3 is 0 Å². The van der Waals surface area contributed by atoms with Gasteiger partial charge in [0.15, 0.2) is 0 Å². The lowest BCUT2D eigenvalue weighted by Crippen LogP contribution is -2.39. The van der Waals surface area contributed by atoms with Gasteiger partial charge in [0, 0.05) is 42.9 Å². The minimum atomic E-state index is -0.431. The Bertz CT molecular complexity index is 827. The molecule has 1 aliphatic rings. The highest BCUT2D eigenvalue weighted by molar-refractivity contribution is 5.94. The fourth-order valence-electron chi connectivity index (χ4n) is 3.37. The first kappa shape index (κ1) is 18.8. The van der Waals surface area contributed by atoms with Gasteiger partial charge in [0.05, 0.1) is 0 Å². The third-order valence-corrected chi connectivity index (χ3v) is 4.81. The topological polar surface area (TPSA) is 88.3 Å². The van der Waals surface area contributed by atoms with Crippen molar-refractivity contribution >= 4 is 17.6 Å². The zero-order chi connectivity index (χ0) is 19.4. The smallest absolute Gasteiger partial charge is 0.251 e. The van der Waals surface area contributed by atoms with Gasteiger partial charge < -0.3 is 16.0 Å². The van der Waals surface area contributed by atoms with Crippen LogP contribution in [0.1, 0.15) is 34.3 Å². The number of hydrogen-bond acceptors (Lipinski definition) is 4. The number of hydrogen-bond donors (Lipinski definition) is 2. The second kappa shape index (κ2) is 8.16. The molecule has 1 fully saturated rings. The molecular formula is C20H23FN4O2. The molecule has 3 rings (SSSR count). The molecule has 142 valence electrons. The normalized spacial score (nSPS) is 14.8. The summed E-state index contributed by atoms with van der Waals surface area (Å²) in [5.41, 5.74) is 7.25. The van der Waals surface area contributed by atoms with Crippen molar-refractivity contribution in [2.75, 3.05) is 18.0 Å². The number of aromatic nitrogens is 1. The van der Waals surface area contributed by atoms with Crippen LogP contribution in [0.5, 0.6) is 0 Å². The van der Waals surface area contributed by atoms with Crippen LogP contribution in [0, 0.1) is 18.7 Å². The predicted molar refractivity (Wildman–Crippen MR) is 101 cm³/mol. The maximum atomic E-state index is 13.5. The molecule has 27 heavy (non-hydrogen) atoms. The molecule has 7 heteroatoms. The van der Waals surface area contributed by atoms with E-state index in [0.29, 0.717) is 37.1 Å². The highest BCUT2D eigenvalue weighted by atomic mass is 19.1. The second-order valence-corrected chi connectivity index (χ2v) is 6.85. The van der Waals surface area contributed by atoms with E-state index >= 15 is 0 Å². The maximum absolute atomic E-state index is 13.5. The Morgan fingerprint density at radius 3 is 2.70 bits per heavy atom. The van der Waals surface area contributed by atoms with Gasteiger partial charge in [-0.05, 0) is 49.6 Å². The fraction of sp³-hybridized carbons (Fsp3) is 0.350. The number of carbonyl (C=O) groups excluding carboxylic acids is 2. The van der Waals surface area contributed by atoms with Gasteiger partial charge in [0.2, 0.25) is 5.91 Å². The Labute approximate surface area is 157 Å². The summed E-state index contributed by atoms with van der Waals surface area (Å²) in [6.07, 6.45) is 3.09. The van der Waals surface area contributed by atoms with E-state index in [4.69, 9.17) is 5.73 Å². The number of nitrogens with two attached hydrogens (primary N) is 1. The highest BCUT2D eigenvalue weighted by Crippen LogP contribution is 2.24. The Morgan fingerprint density at radius 2 is 2.04 bits per heavy atom. The average molecular weight is 370 g/mol. The van der Waals surface area contributed by atoms with E-state index in [0.717, 1.165) is 11.4 Å².